The van der Waals surface area contributed by atoms with Gasteiger partial charge in [-0.15, -0.1) is 0 Å². The summed E-state index contributed by atoms with van der Waals surface area (Å²) in [7, 11) is -3.90. The molecular formula is C27H31N5O4S. The zero-order chi connectivity index (χ0) is 26.2. The number of carbonyl (C=O) groups is 2. The van der Waals surface area contributed by atoms with Crippen molar-refractivity contribution in [2.24, 2.45) is 5.92 Å². The van der Waals surface area contributed by atoms with E-state index in [1.165, 1.54) is 8.99 Å². The number of hydrogen-bond acceptors (Lipinski definition) is 5. The Hall–Kier alpha value is -3.50. The summed E-state index contributed by atoms with van der Waals surface area (Å²) in [6.07, 6.45) is 2.01. The summed E-state index contributed by atoms with van der Waals surface area (Å²) < 4.78 is 30.3. The molecule has 1 N–H and O–H groups in total. The fourth-order valence-corrected chi connectivity index (χ4v) is 7.18. The van der Waals surface area contributed by atoms with Crippen LogP contribution < -0.4 is 10.2 Å². The Labute approximate surface area is 217 Å². The molecule has 2 aliphatic heterocycles. The number of nitrogens with one attached hydrogen (secondary N) is 1. The molecule has 5 rings (SSSR count). The minimum atomic E-state index is -3.90. The van der Waals surface area contributed by atoms with Crippen molar-refractivity contribution in [3.63, 3.8) is 0 Å². The molecule has 0 bridgehead atoms. The second kappa shape index (κ2) is 10.1. The highest BCUT2D eigenvalue weighted by molar-refractivity contribution is 7.89. The quantitative estimate of drug-likeness (QED) is 0.537. The van der Waals surface area contributed by atoms with Crippen LogP contribution in [0.5, 0.6) is 0 Å². The van der Waals surface area contributed by atoms with Crippen molar-refractivity contribution in [3.05, 3.63) is 71.5 Å². The van der Waals surface area contributed by atoms with Crippen LogP contribution >= 0.6 is 0 Å². The zero-order valence-electron chi connectivity index (χ0n) is 21.1. The first-order chi connectivity index (χ1) is 17.8. The number of aryl methyl sites for hydroxylation is 1. The van der Waals surface area contributed by atoms with E-state index in [0.717, 1.165) is 17.7 Å². The summed E-state index contributed by atoms with van der Waals surface area (Å²) in [5.41, 5.74) is 3.49. The molecule has 37 heavy (non-hydrogen) atoms. The van der Waals surface area contributed by atoms with Crippen LogP contribution in [0.25, 0.3) is 0 Å². The highest BCUT2D eigenvalue weighted by atomic mass is 32.2. The molecule has 3 heterocycles. The highest BCUT2D eigenvalue weighted by Crippen LogP contribution is 2.30. The van der Waals surface area contributed by atoms with Gasteiger partial charge in [0.05, 0.1) is 17.3 Å². The predicted molar refractivity (Wildman–Crippen MR) is 141 cm³/mol. The standard InChI is InChI=1S/C27H31N5O4S/c1-19-26(20(2)32(29-19)18-25(33)31-16-14-21-9-6-7-13-24(21)31)37(35,36)30-15-8-10-22(17-30)27(34)28-23-11-4-3-5-12-23/h3-7,9,11-13,22H,8,10,14-18H2,1-2H3,(H,28,34)/t22-/m0/s1. The average molecular weight is 522 g/mol. The highest BCUT2D eigenvalue weighted by Gasteiger charge is 2.37. The molecule has 1 fully saturated rings. The Morgan fingerprint density at radius 1 is 1.03 bits per heavy atom. The molecule has 1 saturated heterocycles. The minimum absolute atomic E-state index is 0.0430. The summed E-state index contributed by atoms with van der Waals surface area (Å²) in [5, 5.41) is 7.32. The van der Waals surface area contributed by atoms with Crippen LogP contribution in [0.3, 0.4) is 0 Å². The average Bonchev–Trinajstić information content (AvgIpc) is 3.45. The van der Waals surface area contributed by atoms with Crippen molar-refractivity contribution < 1.29 is 18.0 Å². The van der Waals surface area contributed by atoms with E-state index in [-0.39, 0.29) is 29.8 Å². The number of sulfonamides is 1. The number of amides is 2. The first-order valence-corrected chi connectivity index (χ1v) is 14.0. The lowest BCUT2D eigenvalue weighted by molar-refractivity contribution is -0.121. The number of carbonyl (C=O) groups excluding carboxylic acids is 2. The van der Waals surface area contributed by atoms with Gasteiger partial charge in [0.2, 0.25) is 21.8 Å². The van der Waals surface area contributed by atoms with Crippen LogP contribution in [0.1, 0.15) is 29.8 Å². The number of para-hydroxylation sites is 2. The molecular weight excluding hydrogens is 490 g/mol. The number of fused-ring (bicyclic) bond motifs is 1. The van der Waals surface area contributed by atoms with Crippen molar-refractivity contribution in [3.8, 4) is 0 Å². The van der Waals surface area contributed by atoms with Gasteiger partial charge in [0.1, 0.15) is 11.4 Å². The Morgan fingerprint density at radius 2 is 1.76 bits per heavy atom. The number of benzene rings is 2. The molecule has 10 heteroatoms. The van der Waals surface area contributed by atoms with E-state index in [2.05, 4.69) is 10.4 Å². The number of nitrogens with zero attached hydrogens (tertiary/aromatic N) is 4. The summed E-state index contributed by atoms with van der Waals surface area (Å²) in [4.78, 5) is 27.8. The van der Waals surface area contributed by atoms with Crippen LogP contribution in [0.15, 0.2) is 59.5 Å². The summed E-state index contributed by atoms with van der Waals surface area (Å²) in [6.45, 7) is 4.33. The van der Waals surface area contributed by atoms with Crippen molar-refractivity contribution in [1.29, 1.82) is 0 Å². The Balaban J connectivity index is 1.32. The number of anilines is 2. The van der Waals surface area contributed by atoms with Gasteiger partial charge in [-0.05, 0) is 56.9 Å². The van der Waals surface area contributed by atoms with E-state index in [1.54, 1.807) is 30.9 Å². The fraction of sp³-hybridized carbons (Fsp3) is 0.370. The lowest BCUT2D eigenvalue weighted by atomic mass is 9.99. The molecule has 2 amide bonds. The van der Waals surface area contributed by atoms with E-state index in [0.29, 0.717) is 43.0 Å². The first-order valence-electron chi connectivity index (χ1n) is 12.5. The first kappa shape index (κ1) is 25.2. The van der Waals surface area contributed by atoms with E-state index in [4.69, 9.17) is 0 Å². The van der Waals surface area contributed by atoms with Crippen molar-refractivity contribution in [2.45, 2.75) is 44.6 Å². The SMILES string of the molecule is Cc1nn(CC(=O)N2CCc3ccccc32)c(C)c1S(=O)(=O)N1CCC[C@H](C(=O)Nc2ccccc2)C1. The van der Waals surface area contributed by atoms with Gasteiger partial charge in [-0.2, -0.15) is 9.40 Å². The third-order valence-electron chi connectivity index (χ3n) is 7.18. The second-order valence-corrected chi connectivity index (χ2v) is 11.5. The second-order valence-electron chi connectivity index (χ2n) is 9.64. The number of hydrogen-bond donors (Lipinski definition) is 1. The van der Waals surface area contributed by atoms with Crippen molar-refractivity contribution in [2.75, 3.05) is 29.9 Å². The van der Waals surface area contributed by atoms with Gasteiger partial charge >= 0.3 is 0 Å². The molecule has 2 aromatic carbocycles. The van der Waals surface area contributed by atoms with E-state index < -0.39 is 15.9 Å². The van der Waals surface area contributed by atoms with Gasteiger partial charge in [-0.1, -0.05) is 36.4 Å². The molecule has 1 atom stereocenters. The molecule has 2 aliphatic rings. The Morgan fingerprint density at radius 3 is 2.54 bits per heavy atom. The molecule has 0 unspecified atom stereocenters. The molecule has 0 aliphatic carbocycles. The van der Waals surface area contributed by atoms with Gasteiger partial charge in [-0.25, -0.2) is 8.42 Å². The van der Waals surface area contributed by atoms with Crippen LogP contribution in [0.4, 0.5) is 11.4 Å². The maximum absolute atomic E-state index is 13.7. The smallest absolute Gasteiger partial charge is 0.248 e. The van der Waals surface area contributed by atoms with E-state index in [9.17, 15) is 18.0 Å². The Bertz CT molecular complexity index is 1430. The van der Waals surface area contributed by atoms with Crippen molar-refractivity contribution >= 4 is 33.2 Å². The van der Waals surface area contributed by atoms with Crippen LogP contribution in [0, 0.1) is 19.8 Å². The van der Waals surface area contributed by atoms with E-state index >= 15 is 0 Å². The summed E-state index contributed by atoms with van der Waals surface area (Å²) in [5.74, 6) is -0.766. The third-order valence-corrected chi connectivity index (χ3v) is 9.30. The predicted octanol–water partition coefficient (Wildman–Crippen LogP) is 3.13. The van der Waals surface area contributed by atoms with E-state index in [1.807, 2.05) is 42.5 Å². The normalized spacial score (nSPS) is 18.0. The van der Waals surface area contributed by atoms with Gasteiger partial charge in [0, 0.05) is 31.0 Å². The van der Waals surface area contributed by atoms with Gasteiger partial charge in [-0.3, -0.25) is 14.3 Å². The lowest BCUT2D eigenvalue weighted by Gasteiger charge is -2.31. The van der Waals surface area contributed by atoms with Crippen LogP contribution in [-0.4, -0.2) is 54.0 Å². The summed E-state index contributed by atoms with van der Waals surface area (Å²) in [6, 6.07) is 17.0. The largest absolute Gasteiger partial charge is 0.326 e. The molecule has 0 saturated carbocycles. The third kappa shape index (κ3) is 4.91. The minimum Gasteiger partial charge on any atom is -0.326 e. The molecule has 194 valence electrons. The van der Waals surface area contributed by atoms with Crippen molar-refractivity contribution in [1.82, 2.24) is 14.1 Å². The molecule has 3 aromatic rings. The van der Waals surface area contributed by atoms with Gasteiger partial charge < -0.3 is 10.2 Å². The maximum atomic E-state index is 13.7. The number of piperidine rings is 1. The molecule has 0 spiro atoms. The molecule has 0 radical (unpaired) electrons. The topological polar surface area (TPSA) is 105 Å². The summed E-state index contributed by atoms with van der Waals surface area (Å²) >= 11 is 0. The van der Waals surface area contributed by atoms with Crippen LogP contribution in [-0.2, 0) is 32.6 Å². The maximum Gasteiger partial charge on any atom is 0.248 e. The number of rotatable bonds is 6. The van der Waals surface area contributed by atoms with Gasteiger partial charge in [0.25, 0.3) is 0 Å². The molecule has 9 nitrogen and oxygen atoms in total. The number of aromatic nitrogens is 2. The zero-order valence-corrected chi connectivity index (χ0v) is 21.9. The van der Waals surface area contributed by atoms with Crippen LogP contribution in [0.2, 0.25) is 0 Å². The fourth-order valence-electron chi connectivity index (χ4n) is 5.29. The molecule has 1 aromatic heterocycles. The van der Waals surface area contributed by atoms with Gasteiger partial charge in [0.15, 0.2) is 0 Å². The Kier molecular flexibility index (Phi) is 6.87. The lowest BCUT2D eigenvalue weighted by Crippen LogP contribution is -2.44. The monoisotopic (exact) mass is 521 g/mol.